The highest BCUT2D eigenvalue weighted by Crippen LogP contribution is 2.24. The summed E-state index contributed by atoms with van der Waals surface area (Å²) in [7, 11) is 0. The Morgan fingerprint density at radius 3 is 2.54 bits per heavy atom. The van der Waals surface area contributed by atoms with Gasteiger partial charge in [0.15, 0.2) is 0 Å². The lowest BCUT2D eigenvalue weighted by Gasteiger charge is -2.19. The first kappa shape index (κ1) is 25.4. The average Bonchev–Trinajstić information content (AvgIpc) is 3.59. The monoisotopic (exact) mass is 542 g/mol. The Kier molecular flexibility index (Phi) is 7.19. The summed E-state index contributed by atoms with van der Waals surface area (Å²) in [5.41, 5.74) is 2.66. The van der Waals surface area contributed by atoms with Gasteiger partial charge in [0.2, 0.25) is 5.91 Å². The van der Waals surface area contributed by atoms with Crippen LogP contribution < -0.4 is 16.0 Å². The molecule has 3 aromatic carbocycles. The van der Waals surface area contributed by atoms with E-state index in [2.05, 4.69) is 36.5 Å². The van der Waals surface area contributed by atoms with Crippen molar-refractivity contribution in [3.8, 4) is 5.69 Å². The maximum atomic E-state index is 13.3. The van der Waals surface area contributed by atoms with Gasteiger partial charge in [-0.25, -0.2) is 4.99 Å². The van der Waals surface area contributed by atoms with Gasteiger partial charge in [-0.05, 0) is 46.3 Å². The fourth-order valence-electron chi connectivity index (χ4n) is 3.90. The maximum Gasteiger partial charge on any atom is 0.313 e. The first-order chi connectivity index (χ1) is 18.9. The number of benzene rings is 3. The third kappa shape index (κ3) is 5.86. The zero-order chi connectivity index (χ0) is 27.4. The van der Waals surface area contributed by atoms with Crippen LogP contribution in [-0.4, -0.2) is 56.1 Å². The number of fused-ring (bicyclic) bond motifs is 1. The van der Waals surface area contributed by atoms with Crippen molar-refractivity contribution in [1.29, 1.82) is 0 Å². The molecule has 194 valence electrons. The predicted octanol–water partition coefficient (Wildman–Crippen LogP) is 2.19. The molecule has 5 rings (SSSR count). The van der Waals surface area contributed by atoms with Crippen molar-refractivity contribution in [2.75, 3.05) is 10.6 Å². The lowest BCUT2D eigenvalue weighted by molar-refractivity contribution is -0.137. The quantitative estimate of drug-likeness (QED) is 0.302. The Bertz CT molecular complexity index is 1610. The van der Waals surface area contributed by atoms with E-state index < -0.39 is 29.7 Å². The van der Waals surface area contributed by atoms with E-state index >= 15 is 0 Å². The molecule has 0 spiro atoms. The summed E-state index contributed by atoms with van der Waals surface area (Å²) < 4.78 is 1.29. The zero-order valence-corrected chi connectivity index (χ0v) is 20.8. The summed E-state index contributed by atoms with van der Waals surface area (Å²) >= 11 is 6.08. The lowest BCUT2D eigenvalue weighted by atomic mass is 10.0. The van der Waals surface area contributed by atoms with E-state index in [1.807, 2.05) is 6.07 Å². The molecule has 13 heteroatoms. The molecule has 0 aliphatic carbocycles. The van der Waals surface area contributed by atoms with Crippen LogP contribution >= 0.6 is 11.6 Å². The van der Waals surface area contributed by atoms with Gasteiger partial charge in [0.05, 0.1) is 16.9 Å². The number of hydrogen-bond donors (Lipinski definition) is 3. The highest BCUT2D eigenvalue weighted by atomic mass is 35.5. The van der Waals surface area contributed by atoms with Crippen LogP contribution in [0.2, 0.25) is 5.02 Å². The molecule has 0 radical (unpaired) electrons. The second-order valence-electron chi connectivity index (χ2n) is 8.44. The van der Waals surface area contributed by atoms with Crippen molar-refractivity contribution in [2.24, 2.45) is 4.99 Å². The third-order valence-corrected chi connectivity index (χ3v) is 6.02. The van der Waals surface area contributed by atoms with E-state index in [0.29, 0.717) is 27.5 Å². The van der Waals surface area contributed by atoms with E-state index in [-0.39, 0.29) is 12.1 Å². The zero-order valence-electron chi connectivity index (χ0n) is 20.0. The van der Waals surface area contributed by atoms with Gasteiger partial charge in [-0.3, -0.25) is 19.2 Å². The number of aliphatic imine (C=N–C) groups is 1. The third-order valence-electron chi connectivity index (χ3n) is 5.79. The molecule has 0 saturated carbocycles. The molecule has 39 heavy (non-hydrogen) atoms. The number of anilines is 2. The molecule has 2 heterocycles. The molecule has 4 amide bonds. The van der Waals surface area contributed by atoms with E-state index in [0.717, 1.165) is 5.56 Å². The normalized spacial score (nSPS) is 12.5. The van der Waals surface area contributed by atoms with Gasteiger partial charge in [0.1, 0.15) is 12.4 Å². The van der Waals surface area contributed by atoms with Crippen molar-refractivity contribution in [3.63, 3.8) is 0 Å². The van der Waals surface area contributed by atoms with Gasteiger partial charge in [0, 0.05) is 28.9 Å². The summed E-state index contributed by atoms with van der Waals surface area (Å²) in [6.45, 7) is 0. The van der Waals surface area contributed by atoms with Crippen LogP contribution in [0.15, 0.2) is 78.0 Å². The van der Waals surface area contributed by atoms with E-state index in [4.69, 9.17) is 11.6 Å². The molecule has 1 atom stereocenters. The highest BCUT2D eigenvalue weighted by molar-refractivity contribution is 6.40. The molecule has 0 bridgehead atoms. The van der Waals surface area contributed by atoms with Crippen LogP contribution in [0.25, 0.3) is 5.69 Å². The summed E-state index contributed by atoms with van der Waals surface area (Å²) in [4.78, 5) is 54.7. The van der Waals surface area contributed by atoms with Crippen LogP contribution in [0.3, 0.4) is 0 Å². The maximum absolute atomic E-state index is 13.3. The van der Waals surface area contributed by atoms with Crippen molar-refractivity contribution in [3.05, 3.63) is 94.8 Å². The van der Waals surface area contributed by atoms with Crippen molar-refractivity contribution >= 4 is 52.8 Å². The Labute approximate surface area is 226 Å². The van der Waals surface area contributed by atoms with Crippen molar-refractivity contribution in [2.45, 2.75) is 12.5 Å². The topological polar surface area (TPSA) is 160 Å². The van der Waals surface area contributed by atoms with Gasteiger partial charge in [-0.2, -0.15) is 4.68 Å². The smallest absolute Gasteiger partial charge is 0.313 e. The van der Waals surface area contributed by atoms with Crippen LogP contribution in [0.4, 0.5) is 11.4 Å². The van der Waals surface area contributed by atoms with E-state index in [9.17, 15) is 19.2 Å². The SMILES string of the molecule is O=C(Nc1cc(Cl)ccc1-n1cnnn1)C(=O)N[C@@H](Cc1ccccc1)C(=O)Nc1ccc2c(c1)C(=O)N=C2. The van der Waals surface area contributed by atoms with Gasteiger partial charge in [-0.15, -0.1) is 5.10 Å². The first-order valence-electron chi connectivity index (χ1n) is 11.6. The minimum absolute atomic E-state index is 0.103. The van der Waals surface area contributed by atoms with Crippen molar-refractivity contribution in [1.82, 2.24) is 25.5 Å². The number of carbonyl (C=O) groups is 4. The Morgan fingerprint density at radius 1 is 0.949 bits per heavy atom. The second kappa shape index (κ2) is 11.0. The number of rotatable bonds is 7. The predicted molar refractivity (Wildman–Crippen MR) is 142 cm³/mol. The number of amides is 4. The molecule has 0 saturated heterocycles. The summed E-state index contributed by atoms with van der Waals surface area (Å²) in [6.07, 6.45) is 2.87. The summed E-state index contributed by atoms with van der Waals surface area (Å²) in [5.74, 6) is -3.07. The fourth-order valence-corrected chi connectivity index (χ4v) is 4.07. The second-order valence-corrected chi connectivity index (χ2v) is 8.88. The van der Waals surface area contributed by atoms with E-state index in [1.54, 1.807) is 48.5 Å². The molecule has 0 unspecified atom stereocenters. The van der Waals surface area contributed by atoms with Crippen LogP contribution in [0.5, 0.6) is 0 Å². The number of nitrogens with zero attached hydrogens (tertiary/aromatic N) is 5. The van der Waals surface area contributed by atoms with Gasteiger partial charge in [-0.1, -0.05) is 48.0 Å². The van der Waals surface area contributed by atoms with Gasteiger partial charge >= 0.3 is 11.8 Å². The highest BCUT2D eigenvalue weighted by Gasteiger charge is 2.26. The minimum Gasteiger partial charge on any atom is -0.336 e. The Morgan fingerprint density at radius 2 is 1.77 bits per heavy atom. The largest absolute Gasteiger partial charge is 0.336 e. The molecule has 12 nitrogen and oxygen atoms in total. The standard InChI is InChI=1S/C26H19ClN8O4/c27-17-7-9-22(35-14-29-33-34-35)20(11-17)31-25(38)26(39)32-21(10-15-4-2-1-3-5-15)24(37)30-18-8-6-16-13-28-23(36)19(16)12-18/h1-9,11-14,21H,10H2,(H,30,37)(H,31,38)(H,32,39)/t21-/m0/s1. The van der Waals surface area contributed by atoms with Crippen LogP contribution in [-0.2, 0) is 20.8 Å². The van der Waals surface area contributed by atoms with Crippen LogP contribution in [0, 0.1) is 0 Å². The molecule has 3 N–H and O–H groups in total. The molecular weight excluding hydrogens is 524 g/mol. The summed E-state index contributed by atoms with van der Waals surface area (Å²) in [6, 6.07) is 17.3. The summed E-state index contributed by atoms with van der Waals surface area (Å²) in [5, 5.41) is 18.9. The molecule has 0 fully saturated rings. The number of aromatic nitrogens is 4. The average molecular weight is 543 g/mol. The number of carbonyl (C=O) groups excluding carboxylic acids is 4. The molecule has 1 aliphatic heterocycles. The Hall–Kier alpha value is -5.23. The molecular formula is C26H19ClN8O4. The fraction of sp³-hybridized carbons (Fsp3) is 0.0769. The molecule has 1 aliphatic rings. The van der Waals surface area contributed by atoms with Crippen LogP contribution in [0.1, 0.15) is 21.5 Å². The first-order valence-corrected chi connectivity index (χ1v) is 12.0. The number of tetrazole rings is 1. The Balaban J connectivity index is 1.33. The molecule has 4 aromatic rings. The number of nitrogens with one attached hydrogen (secondary N) is 3. The number of hydrogen-bond acceptors (Lipinski definition) is 7. The number of halogens is 1. The molecule has 1 aromatic heterocycles. The van der Waals surface area contributed by atoms with Gasteiger partial charge in [0.25, 0.3) is 5.91 Å². The lowest BCUT2D eigenvalue weighted by Crippen LogP contribution is -2.49. The van der Waals surface area contributed by atoms with Crippen molar-refractivity contribution < 1.29 is 19.2 Å². The van der Waals surface area contributed by atoms with Gasteiger partial charge < -0.3 is 16.0 Å². The minimum atomic E-state index is -1.12. The van der Waals surface area contributed by atoms with E-state index in [1.165, 1.54) is 29.4 Å².